The summed E-state index contributed by atoms with van der Waals surface area (Å²) in [6, 6.07) is 0. The maximum absolute atomic E-state index is 11.4. The van der Waals surface area contributed by atoms with Gasteiger partial charge in [-0.1, -0.05) is 13.5 Å². The van der Waals surface area contributed by atoms with E-state index in [0.29, 0.717) is 36.2 Å². The number of carbonyl (C=O) groups excluding carboxylic acids is 1. The van der Waals surface area contributed by atoms with E-state index >= 15 is 0 Å². The van der Waals surface area contributed by atoms with Gasteiger partial charge in [-0.05, 0) is 54.8 Å². The van der Waals surface area contributed by atoms with Crippen molar-refractivity contribution in [3.8, 4) is 0 Å². The second-order valence-corrected chi connectivity index (χ2v) is 7.97. The Morgan fingerprint density at radius 2 is 1.95 bits per heavy atom. The van der Waals surface area contributed by atoms with E-state index in [9.17, 15) is 15.0 Å². The average molecular weight is 292 g/mol. The normalized spacial score (nSPS) is 56.5. The van der Waals surface area contributed by atoms with Crippen LogP contribution in [-0.4, -0.2) is 35.0 Å². The molecular formula is C17H24O4. The van der Waals surface area contributed by atoms with Crippen molar-refractivity contribution in [2.45, 2.75) is 38.4 Å². The first kappa shape index (κ1) is 13.8. The van der Waals surface area contributed by atoms with Gasteiger partial charge in [0.2, 0.25) is 0 Å². The summed E-state index contributed by atoms with van der Waals surface area (Å²) in [5.41, 5.74) is 0.0274. The summed E-state index contributed by atoms with van der Waals surface area (Å²) in [7, 11) is 0. The standard InChI is InChI=1S/C17H24O4/c1-3-12(18)21-7-17(2)6-8-4-11(17)14-10-5-9(13(8)14)15(19)16(10)20/h3,8-11,13-16,19-20H,1,4-7H2,2H3. The molecule has 4 aliphatic rings. The third-order valence-electron chi connectivity index (χ3n) is 7.10. The summed E-state index contributed by atoms with van der Waals surface area (Å²) in [4.78, 5) is 11.4. The van der Waals surface area contributed by atoms with Crippen molar-refractivity contribution in [1.29, 1.82) is 0 Å². The molecule has 4 aliphatic carbocycles. The molecule has 0 amide bonds. The van der Waals surface area contributed by atoms with Gasteiger partial charge in [-0.25, -0.2) is 4.79 Å². The summed E-state index contributed by atoms with van der Waals surface area (Å²) >= 11 is 0. The van der Waals surface area contributed by atoms with Crippen molar-refractivity contribution in [2.75, 3.05) is 6.61 Å². The molecule has 21 heavy (non-hydrogen) atoms. The number of ether oxygens (including phenoxy) is 1. The predicted octanol–water partition coefficient (Wildman–Crippen LogP) is 1.37. The Labute approximate surface area is 125 Å². The fourth-order valence-corrected chi connectivity index (χ4v) is 6.49. The monoisotopic (exact) mass is 292 g/mol. The molecule has 0 aromatic carbocycles. The molecule has 4 fully saturated rings. The molecule has 9 unspecified atom stereocenters. The SMILES string of the molecule is C=CC(=O)OCC1(C)CC2CC1C1C3CC(C(O)C3O)C21. The fraction of sp³-hybridized carbons (Fsp3) is 0.824. The number of rotatable bonds is 3. The number of hydrogen-bond acceptors (Lipinski definition) is 4. The molecular weight excluding hydrogens is 268 g/mol. The lowest BCUT2D eigenvalue weighted by atomic mass is 9.61. The lowest BCUT2D eigenvalue weighted by Crippen LogP contribution is -2.48. The largest absolute Gasteiger partial charge is 0.462 e. The predicted molar refractivity (Wildman–Crippen MR) is 76.1 cm³/mol. The summed E-state index contributed by atoms with van der Waals surface area (Å²) < 4.78 is 5.34. The van der Waals surface area contributed by atoms with Gasteiger partial charge in [-0.3, -0.25) is 0 Å². The third kappa shape index (κ3) is 1.66. The van der Waals surface area contributed by atoms with Crippen molar-refractivity contribution >= 4 is 5.97 Å². The highest BCUT2D eigenvalue weighted by atomic mass is 16.5. The summed E-state index contributed by atoms with van der Waals surface area (Å²) in [5, 5.41) is 20.4. The van der Waals surface area contributed by atoms with Gasteiger partial charge in [-0.15, -0.1) is 0 Å². The van der Waals surface area contributed by atoms with E-state index in [2.05, 4.69) is 13.5 Å². The van der Waals surface area contributed by atoms with Crippen molar-refractivity contribution in [3.05, 3.63) is 12.7 Å². The van der Waals surface area contributed by atoms with Crippen molar-refractivity contribution in [2.24, 2.45) is 40.9 Å². The first-order valence-corrected chi connectivity index (χ1v) is 8.11. The van der Waals surface area contributed by atoms with Crippen molar-refractivity contribution in [3.63, 3.8) is 0 Å². The second kappa shape index (κ2) is 4.32. The van der Waals surface area contributed by atoms with Crippen LogP contribution >= 0.6 is 0 Å². The molecule has 116 valence electrons. The Morgan fingerprint density at radius 1 is 1.29 bits per heavy atom. The highest BCUT2D eigenvalue weighted by molar-refractivity contribution is 5.81. The Hall–Kier alpha value is -0.870. The molecule has 0 radical (unpaired) electrons. The Kier molecular flexibility index (Phi) is 2.84. The molecule has 4 bridgehead atoms. The summed E-state index contributed by atoms with van der Waals surface area (Å²) in [6.45, 7) is 6.12. The van der Waals surface area contributed by atoms with Gasteiger partial charge in [0, 0.05) is 11.5 Å². The van der Waals surface area contributed by atoms with E-state index in [4.69, 9.17) is 4.74 Å². The number of carbonyl (C=O) groups is 1. The quantitative estimate of drug-likeness (QED) is 0.468. The van der Waals surface area contributed by atoms with Gasteiger partial charge in [0.25, 0.3) is 0 Å². The molecule has 9 atom stereocenters. The zero-order valence-corrected chi connectivity index (χ0v) is 12.4. The van der Waals surface area contributed by atoms with Gasteiger partial charge >= 0.3 is 5.97 Å². The molecule has 4 nitrogen and oxygen atoms in total. The first-order valence-electron chi connectivity index (χ1n) is 8.11. The summed E-state index contributed by atoms with van der Waals surface area (Å²) in [6.07, 6.45) is 3.39. The minimum Gasteiger partial charge on any atom is -0.462 e. The number of hydrogen-bond donors (Lipinski definition) is 2. The van der Waals surface area contributed by atoms with Crippen LogP contribution in [-0.2, 0) is 9.53 Å². The summed E-state index contributed by atoms with van der Waals surface area (Å²) in [5.74, 6) is 2.44. The molecule has 0 aliphatic heterocycles. The molecule has 2 N–H and O–H groups in total. The molecule has 4 rings (SSSR count). The van der Waals surface area contributed by atoms with Crippen LogP contribution in [0.5, 0.6) is 0 Å². The molecule has 0 spiro atoms. The maximum Gasteiger partial charge on any atom is 0.330 e. The molecule has 4 heteroatoms. The Bertz CT molecular complexity index is 489. The minimum absolute atomic E-state index is 0.0274. The number of aliphatic hydroxyl groups is 2. The van der Waals surface area contributed by atoms with Crippen molar-refractivity contribution < 1.29 is 19.7 Å². The van der Waals surface area contributed by atoms with Crippen molar-refractivity contribution in [1.82, 2.24) is 0 Å². The van der Waals surface area contributed by atoms with E-state index in [1.54, 1.807) is 0 Å². The van der Waals surface area contributed by atoms with Crippen LogP contribution in [0.2, 0.25) is 0 Å². The van der Waals surface area contributed by atoms with Crippen LogP contribution < -0.4 is 0 Å². The highest BCUT2D eigenvalue weighted by Crippen LogP contribution is 2.71. The van der Waals surface area contributed by atoms with Gasteiger partial charge in [0.05, 0.1) is 18.8 Å². The van der Waals surface area contributed by atoms with Crippen LogP contribution in [0, 0.1) is 40.9 Å². The lowest BCUT2D eigenvalue weighted by molar-refractivity contribution is -0.145. The van der Waals surface area contributed by atoms with Crippen LogP contribution in [0.15, 0.2) is 12.7 Å². The van der Waals surface area contributed by atoms with E-state index in [1.807, 2.05) is 0 Å². The van der Waals surface area contributed by atoms with Crippen LogP contribution in [0.25, 0.3) is 0 Å². The minimum atomic E-state index is -0.546. The van der Waals surface area contributed by atoms with E-state index in [0.717, 1.165) is 12.8 Å². The van der Waals surface area contributed by atoms with Gasteiger partial charge in [0.15, 0.2) is 0 Å². The van der Waals surface area contributed by atoms with E-state index in [1.165, 1.54) is 12.5 Å². The Morgan fingerprint density at radius 3 is 2.62 bits per heavy atom. The van der Waals surface area contributed by atoms with E-state index < -0.39 is 12.2 Å². The number of aliphatic hydroxyl groups excluding tert-OH is 2. The Balaban J connectivity index is 1.54. The highest BCUT2D eigenvalue weighted by Gasteiger charge is 2.69. The molecule has 0 aromatic rings. The molecule has 0 saturated heterocycles. The van der Waals surface area contributed by atoms with Gasteiger partial charge in [-0.2, -0.15) is 0 Å². The molecule has 0 aromatic heterocycles. The van der Waals surface area contributed by atoms with Gasteiger partial charge < -0.3 is 14.9 Å². The van der Waals surface area contributed by atoms with Crippen LogP contribution in [0.3, 0.4) is 0 Å². The third-order valence-corrected chi connectivity index (χ3v) is 7.10. The number of fused-ring (bicyclic) bond motifs is 9. The van der Waals surface area contributed by atoms with Crippen LogP contribution in [0.1, 0.15) is 26.2 Å². The molecule has 4 saturated carbocycles. The lowest BCUT2D eigenvalue weighted by Gasteiger charge is -2.46. The maximum atomic E-state index is 11.4. The second-order valence-electron chi connectivity index (χ2n) is 7.97. The topological polar surface area (TPSA) is 66.8 Å². The van der Waals surface area contributed by atoms with Crippen LogP contribution in [0.4, 0.5) is 0 Å². The van der Waals surface area contributed by atoms with Gasteiger partial charge in [0.1, 0.15) is 0 Å². The van der Waals surface area contributed by atoms with E-state index in [-0.39, 0.29) is 17.3 Å². The smallest absolute Gasteiger partial charge is 0.330 e. The number of esters is 1. The first-order chi connectivity index (χ1) is 9.96. The zero-order chi connectivity index (χ0) is 14.9. The molecule has 0 heterocycles. The average Bonchev–Trinajstić information content (AvgIpc) is 3.16. The fourth-order valence-electron chi connectivity index (χ4n) is 6.49. The zero-order valence-electron chi connectivity index (χ0n) is 12.4.